The normalized spacial score (nSPS) is 9.58. The van der Waals surface area contributed by atoms with E-state index in [-0.39, 0.29) is 5.75 Å². The van der Waals surface area contributed by atoms with Crippen LogP contribution in [0.15, 0.2) is 17.0 Å². The molecule has 0 aliphatic rings. The molecule has 66 valence electrons. The van der Waals surface area contributed by atoms with E-state index in [0.717, 1.165) is 0 Å². The minimum atomic E-state index is 0.0505. The number of rotatable bonds is 2. The summed E-state index contributed by atoms with van der Waals surface area (Å²) in [6.07, 6.45) is 0. The topological polar surface area (TPSA) is 38.7 Å². The molecule has 0 amide bonds. The predicted molar refractivity (Wildman–Crippen MR) is 48.5 cm³/mol. The third-order valence-corrected chi connectivity index (χ3v) is 1.93. The Labute approximate surface area is 76.3 Å². The van der Waals surface area contributed by atoms with Gasteiger partial charge in [0.15, 0.2) is 0 Å². The van der Waals surface area contributed by atoms with Gasteiger partial charge in [0.05, 0.1) is 19.1 Å². The van der Waals surface area contributed by atoms with E-state index < -0.39 is 0 Å². The van der Waals surface area contributed by atoms with Crippen molar-refractivity contribution in [3.8, 4) is 17.2 Å². The van der Waals surface area contributed by atoms with Crippen LogP contribution in [0.4, 0.5) is 0 Å². The van der Waals surface area contributed by atoms with Gasteiger partial charge in [0.25, 0.3) is 0 Å². The molecule has 1 aromatic rings. The van der Waals surface area contributed by atoms with Crippen LogP contribution in [0.3, 0.4) is 0 Å². The molecular formula is C8H10O3S. The number of benzene rings is 1. The van der Waals surface area contributed by atoms with Crippen LogP contribution in [0.2, 0.25) is 0 Å². The SMILES string of the molecule is COc1cc(O)c(S)c(OC)c1. The Hall–Kier alpha value is -1.03. The molecule has 0 spiro atoms. The number of phenols is 1. The van der Waals surface area contributed by atoms with E-state index in [0.29, 0.717) is 16.4 Å². The van der Waals surface area contributed by atoms with Gasteiger partial charge in [0.2, 0.25) is 0 Å². The average Bonchev–Trinajstić information content (AvgIpc) is 2.09. The number of methoxy groups -OCH3 is 2. The Morgan fingerprint density at radius 3 is 2.42 bits per heavy atom. The molecular weight excluding hydrogens is 176 g/mol. The lowest BCUT2D eigenvalue weighted by atomic mass is 10.3. The van der Waals surface area contributed by atoms with Crippen molar-refractivity contribution in [3.63, 3.8) is 0 Å². The first kappa shape index (κ1) is 9.06. The van der Waals surface area contributed by atoms with Gasteiger partial charge in [0, 0.05) is 12.1 Å². The maximum absolute atomic E-state index is 9.31. The van der Waals surface area contributed by atoms with Gasteiger partial charge < -0.3 is 14.6 Å². The van der Waals surface area contributed by atoms with Crippen molar-refractivity contribution in [1.82, 2.24) is 0 Å². The molecule has 4 heteroatoms. The van der Waals surface area contributed by atoms with E-state index in [1.54, 1.807) is 6.07 Å². The molecule has 0 unspecified atom stereocenters. The third kappa shape index (κ3) is 1.58. The zero-order chi connectivity index (χ0) is 9.14. The Balaban J connectivity index is 3.19. The van der Waals surface area contributed by atoms with Crippen molar-refractivity contribution in [3.05, 3.63) is 12.1 Å². The van der Waals surface area contributed by atoms with Gasteiger partial charge >= 0.3 is 0 Å². The lowest BCUT2D eigenvalue weighted by Crippen LogP contribution is -1.88. The number of ether oxygens (including phenoxy) is 2. The number of hydrogen-bond donors (Lipinski definition) is 2. The number of thiol groups is 1. The fourth-order valence-electron chi connectivity index (χ4n) is 0.842. The van der Waals surface area contributed by atoms with Crippen LogP contribution < -0.4 is 9.47 Å². The van der Waals surface area contributed by atoms with Crippen LogP contribution >= 0.6 is 12.6 Å². The third-order valence-electron chi connectivity index (χ3n) is 1.48. The monoisotopic (exact) mass is 186 g/mol. The van der Waals surface area contributed by atoms with Gasteiger partial charge in [-0.3, -0.25) is 0 Å². The second kappa shape index (κ2) is 3.58. The largest absolute Gasteiger partial charge is 0.507 e. The quantitative estimate of drug-likeness (QED) is 0.690. The van der Waals surface area contributed by atoms with Crippen LogP contribution in [-0.4, -0.2) is 19.3 Å². The number of hydrogen-bond acceptors (Lipinski definition) is 4. The molecule has 0 heterocycles. The zero-order valence-corrected chi connectivity index (χ0v) is 7.76. The summed E-state index contributed by atoms with van der Waals surface area (Å²) in [7, 11) is 3.03. The summed E-state index contributed by atoms with van der Waals surface area (Å²) in [5.41, 5.74) is 0. The Morgan fingerprint density at radius 2 is 1.92 bits per heavy atom. The van der Waals surface area contributed by atoms with Crippen molar-refractivity contribution >= 4 is 12.6 Å². The van der Waals surface area contributed by atoms with Gasteiger partial charge in [-0.05, 0) is 0 Å². The molecule has 0 fully saturated rings. The molecule has 0 saturated heterocycles. The van der Waals surface area contributed by atoms with Gasteiger partial charge in [-0.2, -0.15) is 0 Å². The highest BCUT2D eigenvalue weighted by Gasteiger charge is 2.07. The van der Waals surface area contributed by atoms with Crippen molar-refractivity contribution < 1.29 is 14.6 Å². The molecule has 0 aliphatic heterocycles. The Morgan fingerprint density at radius 1 is 1.25 bits per heavy atom. The molecule has 0 radical (unpaired) electrons. The molecule has 1 N–H and O–H groups in total. The maximum Gasteiger partial charge on any atom is 0.139 e. The highest BCUT2D eigenvalue weighted by Crippen LogP contribution is 2.35. The van der Waals surface area contributed by atoms with E-state index >= 15 is 0 Å². The fourth-order valence-corrected chi connectivity index (χ4v) is 1.06. The summed E-state index contributed by atoms with van der Waals surface area (Å²) < 4.78 is 9.87. The van der Waals surface area contributed by atoms with Crippen LogP contribution in [0.25, 0.3) is 0 Å². The van der Waals surface area contributed by atoms with E-state index in [9.17, 15) is 5.11 Å². The van der Waals surface area contributed by atoms with Gasteiger partial charge in [-0.25, -0.2) is 0 Å². The van der Waals surface area contributed by atoms with E-state index in [4.69, 9.17) is 9.47 Å². The summed E-state index contributed by atoms with van der Waals surface area (Å²) in [4.78, 5) is 0.415. The minimum absolute atomic E-state index is 0.0505. The highest BCUT2D eigenvalue weighted by molar-refractivity contribution is 7.80. The standard InChI is InChI=1S/C8H10O3S/c1-10-5-3-6(9)8(12)7(4-5)11-2/h3-4,9,12H,1-2H3. The first-order chi connectivity index (χ1) is 5.69. The first-order valence-electron chi connectivity index (χ1n) is 3.33. The summed E-state index contributed by atoms with van der Waals surface area (Å²) in [6, 6.07) is 3.13. The van der Waals surface area contributed by atoms with E-state index in [1.165, 1.54) is 20.3 Å². The summed E-state index contributed by atoms with van der Waals surface area (Å²) in [5, 5.41) is 9.31. The average molecular weight is 186 g/mol. The lowest BCUT2D eigenvalue weighted by molar-refractivity contribution is 0.373. The molecule has 0 bridgehead atoms. The van der Waals surface area contributed by atoms with Gasteiger partial charge in [-0.15, -0.1) is 12.6 Å². The fraction of sp³-hybridized carbons (Fsp3) is 0.250. The molecule has 0 aliphatic carbocycles. The molecule has 3 nitrogen and oxygen atoms in total. The molecule has 0 saturated carbocycles. The molecule has 12 heavy (non-hydrogen) atoms. The number of phenolic OH excluding ortho intramolecular Hbond substituents is 1. The zero-order valence-electron chi connectivity index (χ0n) is 6.87. The summed E-state index contributed by atoms with van der Waals surface area (Å²) >= 11 is 4.05. The van der Waals surface area contributed by atoms with Gasteiger partial charge in [-0.1, -0.05) is 0 Å². The smallest absolute Gasteiger partial charge is 0.139 e. The molecule has 1 rings (SSSR count). The van der Waals surface area contributed by atoms with Crippen molar-refractivity contribution in [2.24, 2.45) is 0 Å². The van der Waals surface area contributed by atoms with Crippen molar-refractivity contribution in [1.29, 1.82) is 0 Å². The number of aromatic hydroxyl groups is 1. The van der Waals surface area contributed by atoms with Crippen LogP contribution in [0.5, 0.6) is 17.2 Å². The Kier molecular flexibility index (Phi) is 2.70. The second-order valence-electron chi connectivity index (χ2n) is 2.20. The van der Waals surface area contributed by atoms with Crippen LogP contribution in [-0.2, 0) is 0 Å². The predicted octanol–water partition coefficient (Wildman–Crippen LogP) is 1.70. The minimum Gasteiger partial charge on any atom is -0.507 e. The summed E-state index contributed by atoms with van der Waals surface area (Å²) in [5.74, 6) is 1.09. The first-order valence-corrected chi connectivity index (χ1v) is 3.77. The summed E-state index contributed by atoms with van der Waals surface area (Å²) in [6.45, 7) is 0. The Bertz CT molecular complexity index is 286. The van der Waals surface area contributed by atoms with E-state index in [1.807, 2.05) is 0 Å². The van der Waals surface area contributed by atoms with Crippen molar-refractivity contribution in [2.75, 3.05) is 14.2 Å². The van der Waals surface area contributed by atoms with E-state index in [2.05, 4.69) is 12.6 Å². The van der Waals surface area contributed by atoms with Gasteiger partial charge in [0.1, 0.15) is 17.2 Å². The highest BCUT2D eigenvalue weighted by atomic mass is 32.1. The second-order valence-corrected chi connectivity index (χ2v) is 2.64. The molecule has 0 atom stereocenters. The molecule has 1 aromatic carbocycles. The lowest BCUT2D eigenvalue weighted by Gasteiger charge is -2.07. The molecule has 0 aromatic heterocycles. The van der Waals surface area contributed by atoms with Crippen LogP contribution in [0.1, 0.15) is 0 Å². The van der Waals surface area contributed by atoms with Crippen LogP contribution in [0, 0.1) is 0 Å². The maximum atomic E-state index is 9.31. The van der Waals surface area contributed by atoms with Crippen molar-refractivity contribution in [2.45, 2.75) is 4.90 Å².